The predicted molar refractivity (Wildman–Crippen MR) is 119 cm³/mol. The molecule has 0 radical (unpaired) electrons. The number of ether oxygens (including phenoxy) is 1. The average Bonchev–Trinajstić information content (AvgIpc) is 3.33. The van der Waals surface area contributed by atoms with Crippen LogP contribution < -0.4 is 20.1 Å². The molecule has 0 unspecified atom stereocenters. The summed E-state index contributed by atoms with van der Waals surface area (Å²) in [4.78, 5) is 24.2. The fourth-order valence-corrected chi connectivity index (χ4v) is 4.63. The lowest BCUT2D eigenvalue weighted by Gasteiger charge is -2.09. The van der Waals surface area contributed by atoms with E-state index in [2.05, 4.69) is 15.4 Å². The van der Waals surface area contributed by atoms with E-state index in [4.69, 9.17) is 4.74 Å². The van der Waals surface area contributed by atoms with Gasteiger partial charge in [0, 0.05) is 17.8 Å². The van der Waals surface area contributed by atoms with Crippen molar-refractivity contribution in [1.29, 1.82) is 0 Å². The van der Waals surface area contributed by atoms with E-state index in [-0.39, 0.29) is 16.7 Å². The van der Waals surface area contributed by atoms with Gasteiger partial charge in [0.25, 0.3) is 15.9 Å². The van der Waals surface area contributed by atoms with Crippen molar-refractivity contribution in [2.75, 3.05) is 18.4 Å². The third kappa shape index (κ3) is 6.30. The number of thiophene rings is 1. The number of hydrogen-bond donors (Lipinski definition) is 3. The molecule has 2 amide bonds. The number of amides is 2. The number of methoxy groups -OCH3 is 1. The number of hydrogen-bond acceptors (Lipinski definition) is 6. The summed E-state index contributed by atoms with van der Waals surface area (Å²) in [5.41, 5.74) is 1.55. The standard InChI is InChI=1S/C21H21N3O5S2/c1-29-18-10-4-15(5-11-18)13-22-19(25)14-23-21(26)16-6-8-17(9-7-16)24-31(27,28)20-3-2-12-30-20/h2-12,24H,13-14H2,1H3,(H,22,25)(H,23,26). The molecule has 2 aromatic carbocycles. The van der Waals surface area contributed by atoms with Gasteiger partial charge >= 0.3 is 0 Å². The van der Waals surface area contributed by atoms with Crippen molar-refractivity contribution in [2.24, 2.45) is 0 Å². The van der Waals surface area contributed by atoms with E-state index < -0.39 is 15.9 Å². The lowest BCUT2D eigenvalue weighted by Crippen LogP contribution is -2.36. The second-order valence-corrected chi connectivity index (χ2v) is 9.28. The van der Waals surface area contributed by atoms with Crippen LogP contribution >= 0.6 is 11.3 Å². The Kier molecular flexibility index (Phi) is 7.27. The highest BCUT2D eigenvalue weighted by Gasteiger charge is 2.15. The van der Waals surface area contributed by atoms with Gasteiger partial charge in [-0.3, -0.25) is 14.3 Å². The molecule has 0 aliphatic carbocycles. The average molecular weight is 460 g/mol. The van der Waals surface area contributed by atoms with Crippen molar-refractivity contribution >= 4 is 38.9 Å². The van der Waals surface area contributed by atoms with Gasteiger partial charge < -0.3 is 15.4 Å². The molecule has 1 aromatic heterocycles. The second-order valence-electron chi connectivity index (χ2n) is 6.42. The Morgan fingerprint density at radius 1 is 0.968 bits per heavy atom. The van der Waals surface area contributed by atoms with Crippen molar-refractivity contribution in [3.63, 3.8) is 0 Å². The van der Waals surface area contributed by atoms with Gasteiger partial charge in [-0.25, -0.2) is 8.42 Å². The molecule has 0 bridgehead atoms. The van der Waals surface area contributed by atoms with Gasteiger partial charge in [-0.15, -0.1) is 11.3 Å². The highest BCUT2D eigenvalue weighted by Crippen LogP contribution is 2.20. The zero-order chi connectivity index (χ0) is 22.3. The summed E-state index contributed by atoms with van der Waals surface area (Å²) in [7, 11) is -2.07. The summed E-state index contributed by atoms with van der Waals surface area (Å²) < 4.78 is 32.2. The topological polar surface area (TPSA) is 114 Å². The predicted octanol–water partition coefficient (Wildman–Crippen LogP) is 2.60. The maximum Gasteiger partial charge on any atom is 0.271 e. The summed E-state index contributed by atoms with van der Waals surface area (Å²) in [6.07, 6.45) is 0. The van der Waals surface area contributed by atoms with Crippen LogP contribution in [0.15, 0.2) is 70.3 Å². The number of nitrogens with one attached hydrogen (secondary N) is 3. The Labute approximate surface area is 184 Å². The molecule has 0 aliphatic heterocycles. The third-order valence-corrected chi connectivity index (χ3v) is 7.00. The summed E-state index contributed by atoms with van der Waals surface area (Å²) in [5.74, 6) is -0.0376. The molecular formula is C21H21N3O5S2. The van der Waals surface area contributed by atoms with E-state index in [0.29, 0.717) is 17.8 Å². The maximum atomic E-state index is 12.2. The normalized spacial score (nSPS) is 10.9. The summed E-state index contributed by atoms with van der Waals surface area (Å²) >= 11 is 1.11. The number of carbonyl (C=O) groups excluding carboxylic acids is 2. The minimum Gasteiger partial charge on any atom is -0.497 e. The lowest BCUT2D eigenvalue weighted by atomic mass is 10.2. The van der Waals surface area contributed by atoms with Crippen molar-refractivity contribution in [2.45, 2.75) is 10.8 Å². The van der Waals surface area contributed by atoms with Crippen molar-refractivity contribution < 1.29 is 22.7 Å². The highest BCUT2D eigenvalue weighted by molar-refractivity contribution is 7.94. The monoisotopic (exact) mass is 459 g/mol. The Balaban J connectivity index is 1.47. The van der Waals surface area contributed by atoms with Crippen LogP contribution in [-0.2, 0) is 21.4 Å². The number of sulfonamides is 1. The molecule has 3 N–H and O–H groups in total. The van der Waals surface area contributed by atoms with Crippen LogP contribution in [0.25, 0.3) is 0 Å². The Bertz CT molecular complexity index is 1130. The van der Waals surface area contributed by atoms with Crippen molar-refractivity contribution in [1.82, 2.24) is 10.6 Å². The number of anilines is 1. The third-order valence-electron chi connectivity index (χ3n) is 4.22. The molecule has 8 nitrogen and oxygen atoms in total. The van der Waals surface area contributed by atoms with E-state index in [1.807, 2.05) is 12.1 Å². The van der Waals surface area contributed by atoms with Gasteiger partial charge in [0.15, 0.2) is 0 Å². The minimum atomic E-state index is -3.65. The zero-order valence-electron chi connectivity index (χ0n) is 16.6. The first-order valence-corrected chi connectivity index (χ1v) is 11.6. The van der Waals surface area contributed by atoms with Gasteiger partial charge in [-0.1, -0.05) is 18.2 Å². The van der Waals surface area contributed by atoms with E-state index in [9.17, 15) is 18.0 Å². The first-order chi connectivity index (χ1) is 14.9. The molecule has 0 saturated carbocycles. The SMILES string of the molecule is COc1ccc(CNC(=O)CNC(=O)c2ccc(NS(=O)(=O)c3cccs3)cc2)cc1. The van der Waals surface area contributed by atoms with Crippen LogP contribution in [0.2, 0.25) is 0 Å². The first kappa shape index (κ1) is 22.3. The second kappa shape index (κ2) is 10.1. The summed E-state index contributed by atoms with van der Waals surface area (Å²) in [6.45, 7) is 0.152. The van der Waals surface area contributed by atoms with Gasteiger partial charge in [0.2, 0.25) is 5.91 Å². The molecule has 1 heterocycles. The van der Waals surface area contributed by atoms with Crippen molar-refractivity contribution in [3.8, 4) is 5.75 Å². The molecule has 162 valence electrons. The molecule has 0 aliphatic rings. The fourth-order valence-electron chi connectivity index (χ4n) is 2.58. The van der Waals surface area contributed by atoms with E-state index in [0.717, 1.165) is 22.6 Å². The quantitative estimate of drug-likeness (QED) is 0.455. The Morgan fingerprint density at radius 2 is 1.68 bits per heavy atom. The van der Waals surface area contributed by atoms with E-state index in [1.165, 1.54) is 30.3 Å². The van der Waals surface area contributed by atoms with Crippen LogP contribution in [0.3, 0.4) is 0 Å². The molecule has 31 heavy (non-hydrogen) atoms. The first-order valence-electron chi connectivity index (χ1n) is 9.21. The van der Waals surface area contributed by atoms with Gasteiger partial charge in [0.05, 0.1) is 13.7 Å². The van der Waals surface area contributed by atoms with E-state index in [1.54, 1.807) is 30.7 Å². The van der Waals surface area contributed by atoms with Crippen LogP contribution in [0, 0.1) is 0 Å². The molecule has 10 heteroatoms. The number of benzene rings is 2. The summed E-state index contributed by atoms with van der Waals surface area (Å²) in [6, 6.07) is 16.4. The Hall–Kier alpha value is -3.37. The largest absolute Gasteiger partial charge is 0.497 e. The van der Waals surface area contributed by atoms with Crippen LogP contribution in [-0.4, -0.2) is 33.9 Å². The molecule has 3 aromatic rings. The van der Waals surface area contributed by atoms with E-state index >= 15 is 0 Å². The molecule has 0 saturated heterocycles. The van der Waals surface area contributed by atoms with Gasteiger partial charge in [0.1, 0.15) is 9.96 Å². The molecular weight excluding hydrogens is 438 g/mol. The number of carbonyl (C=O) groups is 2. The molecule has 3 rings (SSSR count). The molecule has 0 fully saturated rings. The molecule has 0 atom stereocenters. The van der Waals surface area contributed by atoms with Crippen LogP contribution in [0.5, 0.6) is 5.75 Å². The Morgan fingerprint density at radius 3 is 2.29 bits per heavy atom. The number of rotatable bonds is 9. The lowest BCUT2D eigenvalue weighted by molar-refractivity contribution is -0.120. The fraction of sp³-hybridized carbons (Fsp3) is 0.143. The van der Waals surface area contributed by atoms with Crippen LogP contribution in [0.1, 0.15) is 15.9 Å². The maximum absolute atomic E-state index is 12.2. The van der Waals surface area contributed by atoms with Crippen molar-refractivity contribution in [3.05, 3.63) is 77.2 Å². The zero-order valence-corrected chi connectivity index (χ0v) is 18.3. The van der Waals surface area contributed by atoms with Crippen LogP contribution in [0.4, 0.5) is 5.69 Å². The molecule has 0 spiro atoms. The highest BCUT2D eigenvalue weighted by atomic mass is 32.2. The van der Waals surface area contributed by atoms with Gasteiger partial charge in [-0.2, -0.15) is 0 Å². The summed E-state index contributed by atoms with van der Waals surface area (Å²) in [5, 5.41) is 6.93. The van der Waals surface area contributed by atoms with Gasteiger partial charge in [-0.05, 0) is 53.4 Å². The minimum absolute atomic E-state index is 0.179. The smallest absolute Gasteiger partial charge is 0.271 e.